The minimum absolute atomic E-state index is 0.0790. The number of fused-ring (bicyclic) bond motifs is 1. The molecule has 4 rings (SSSR count). The number of rotatable bonds is 6. The summed E-state index contributed by atoms with van der Waals surface area (Å²) in [5, 5.41) is 16.7. The topological polar surface area (TPSA) is 103 Å². The van der Waals surface area contributed by atoms with Crippen molar-refractivity contribution in [1.82, 2.24) is 9.55 Å². The maximum Gasteiger partial charge on any atom is 0.229 e. The third kappa shape index (κ3) is 4.22. The van der Waals surface area contributed by atoms with Crippen LogP contribution in [-0.4, -0.2) is 36.6 Å². The summed E-state index contributed by atoms with van der Waals surface area (Å²) in [4.78, 5) is 6.61. The standard InChI is InChI=1S/C25H24ClN5O2S/c1-16(2)34(32,33)21-10-7-17(8-11-21)18-5-4-6-20(13-18)30(3)24-22-12-9-19(26)14-23(22)31(15-27)25(28)29-24/h4-16,27-28H,1-3H3. The smallest absolute Gasteiger partial charge is 0.229 e. The Morgan fingerprint density at radius 2 is 1.74 bits per heavy atom. The van der Waals surface area contributed by atoms with Crippen LogP contribution in [0.25, 0.3) is 22.0 Å². The normalized spacial score (nSPS) is 11.7. The Bertz CT molecular complexity index is 1560. The predicted octanol–water partition coefficient (Wildman–Crippen LogP) is 5.24. The lowest BCUT2D eigenvalue weighted by atomic mass is 10.0. The van der Waals surface area contributed by atoms with E-state index in [4.69, 9.17) is 22.4 Å². The van der Waals surface area contributed by atoms with Gasteiger partial charge in [0, 0.05) is 23.1 Å². The molecule has 0 aliphatic carbocycles. The number of benzene rings is 3. The van der Waals surface area contributed by atoms with Crippen molar-refractivity contribution in [2.45, 2.75) is 24.0 Å². The molecule has 1 aromatic heterocycles. The number of halogens is 1. The average molecular weight is 494 g/mol. The number of hydrogen-bond acceptors (Lipinski definition) is 6. The molecule has 174 valence electrons. The molecule has 3 aromatic carbocycles. The number of nitrogens with one attached hydrogen (secondary N) is 2. The molecular formula is C25H24ClN5O2S. The van der Waals surface area contributed by atoms with Gasteiger partial charge in [0.15, 0.2) is 9.84 Å². The van der Waals surface area contributed by atoms with Crippen LogP contribution in [0, 0.1) is 10.8 Å². The summed E-state index contributed by atoms with van der Waals surface area (Å²) >= 11 is 6.17. The monoisotopic (exact) mass is 493 g/mol. The zero-order valence-electron chi connectivity index (χ0n) is 18.9. The molecule has 0 amide bonds. The highest BCUT2D eigenvalue weighted by molar-refractivity contribution is 7.92. The van der Waals surface area contributed by atoms with Crippen LogP contribution < -0.4 is 10.5 Å². The molecule has 0 spiro atoms. The fourth-order valence-corrected chi connectivity index (χ4v) is 4.96. The van der Waals surface area contributed by atoms with Crippen LogP contribution in [0.15, 0.2) is 71.6 Å². The second-order valence-electron chi connectivity index (χ2n) is 8.15. The van der Waals surface area contributed by atoms with Crippen molar-refractivity contribution in [2.75, 3.05) is 11.9 Å². The Morgan fingerprint density at radius 3 is 2.38 bits per heavy atom. The Kier molecular flexibility index (Phi) is 6.29. The first-order chi connectivity index (χ1) is 16.1. The van der Waals surface area contributed by atoms with Crippen LogP contribution in [-0.2, 0) is 9.84 Å². The molecule has 0 saturated carbocycles. The molecule has 0 fully saturated rings. The second kappa shape index (κ2) is 9.04. The van der Waals surface area contributed by atoms with Crippen molar-refractivity contribution >= 4 is 50.2 Å². The summed E-state index contributed by atoms with van der Waals surface area (Å²) in [6.45, 7) is 3.34. The van der Waals surface area contributed by atoms with Gasteiger partial charge in [-0.2, -0.15) is 4.98 Å². The van der Waals surface area contributed by atoms with Crippen LogP contribution in [0.2, 0.25) is 5.02 Å². The molecule has 7 nitrogen and oxygen atoms in total. The van der Waals surface area contributed by atoms with Gasteiger partial charge < -0.3 is 4.90 Å². The van der Waals surface area contributed by atoms with Crippen LogP contribution in [0.4, 0.5) is 11.5 Å². The third-order valence-electron chi connectivity index (χ3n) is 5.72. The Hall–Kier alpha value is -3.49. The van der Waals surface area contributed by atoms with Gasteiger partial charge in [-0.05, 0) is 67.4 Å². The number of sulfone groups is 1. The lowest BCUT2D eigenvalue weighted by Gasteiger charge is -2.22. The average Bonchev–Trinajstić information content (AvgIpc) is 2.83. The zero-order valence-corrected chi connectivity index (χ0v) is 20.5. The fourth-order valence-electron chi connectivity index (χ4n) is 3.73. The van der Waals surface area contributed by atoms with Crippen molar-refractivity contribution in [3.8, 4) is 11.1 Å². The van der Waals surface area contributed by atoms with E-state index in [1.54, 1.807) is 50.2 Å². The molecule has 4 aromatic rings. The van der Waals surface area contributed by atoms with Gasteiger partial charge >= 0.3 is 0 Å². The minimum Gasteiger partial charge on any atom is -0.329 e. The molecule has 0 atom stereocenters. The molecule has 0 aliphatic rings. The number of nitrogens with zero attached hydrogens (tertiary/aromatic N) is 3. The molecule has 0 radical (unpaired) electrons. The minimum atomic E-state index is -3.33. The number of anilines is 2. The first-order valence-corrected chi connectivity index (χ1v) is 12.5. The molecular weight excluding hydrogens is 470 g/mol. The Labute approximate surface area is 203 Å². The lowest BCUT2D eigenvalue weighted by Crippen LogP contribution is -2.26. The van der Waals surface area contributed by atoms with Gasteiger partial charge in [0.1, 0.15) is 5.82 Å². The molecule has 34 heavy (non-hydrogen) atoms. The summed E-state index contributed by atoms with van der Waals surface area (Å²) in [5.74, 6) is 0.560. The van der Waals surface area contributed by atoms with Gasteiger partial charge in [0.25, 0.3) is 0 Å². The van der Waals surface area contributed by atoms with Gasteiger partial charge in [-0.15, -0.1) is 0 Å². The van der Waals surface area contributed by atoms with E-state index in [9.17, 15) is 8.42 Å². The van der Waals surface area contributed by atoms with E-state index in [1.165, 1.54) is 4.57 Å². The maximum absolute atomic E-state index is 12.4. The highest BCUT2D eigenvalue weighted by Crippen LogP contribution is 2.32. The van der Waals surface area contributed by atoms with Crippen molar-refractivity contribution in [3.05, 3.63) is 77.4 Å². The van der Waals surface area contributed by atoms with E-state index in [0.29, 0.717) is 21.3 Å². The van der Waals surface area contributed by atoms with E-state index >= 15 is 0 Å². The second-order valence-corrected chi connectivity index (χ2v) is 11.1. The summed E-state index contributed by atoms with van der Waals surface area (Å²) in [7, 11) is -1.47. The van der Waals surface area contributed by atoms with E-state index < -0.39 is 15.1 Å². The van der Waals surface area contributed by atoms with Gasteiger partial charge in [0.05, 0.1) is 22.0 Å². The van der Waals surface area contributed by atoms with Crippen LogP contribution in [0.5, 0.6) is 0 Å². The molecule has 0 bridgehead atoms. The van der Waals surface area contributed by atoms with E-state index in [-0.39, 0.29) is 5.62 Å². The zero-order chi connectivity index (χ0) is 24.6. The molecule has 0 saturated heterocycles. The van der Waals surface area contributed by atoms with Gasteiger partial charge in [-0.1, -0.05) is 35.9 Å². The van der Waals surface area contributed by atoms with Crippen LogP contribution in [0.3, 0.4) is 0 Å². The SMILES string of the molecule is CC(C)S(=O)(=O)c1ccc(-c2cccc(N(C)c3nc(=N)n(C=N)c4cc(Cl)ccc34)c2)cc1. The van der Waals surface area contributed by atoms with Gasteiger partial charge in [0.2, 0.25) is 5.62 Å². The quantitative estimate of drug-likeness (QED) is 0.283. The van der Waals surface area contributed by atoms with Crippen LogP contribution in [0.1, 0.15) is 13.8 Å². The first kappa shape index (κ1) is 23.7. The molecule has 2 N–H and O–H groups in total. The molecule has 1 heterocycles. The summed E-state index contributed by atoms with van der Waals surface area (Å²) in [6.07, 6.45) is 1.04. The van der Waals surface area contributed by atoms with Gasteiger partial charge in [-0.3, -0.25) is 15.4 Å². The van der Waals surface area contributed by atoms with Crippen molar-refractivity contribution in [1.29, 1.82) is 10.8 Å². The van der Waals surface area contributed by atoms with E-state index in [1.807, 2.05) is 42.3 Å². The molecule has 0 aliphatic heterocycles. The highest BCUT2D eigenvalue weighted by Gasteiger charge is 2.19. The predicted molar refractivity (Wildman–Crippen MR) is 137 cm³/mol. The Balaban J connectivity index is 1.77. The maximum atomic E-state index is 12.4. The van der Waals surface area contributed by atoms with Crippen molar-refractivity contribution in [2.24, 2.45) is 0 Å². The fraction of sp³-hybridized carbons (Fsp3) is 0.160. The summed E-state index contributed by atoms with van der Waals surface area (Å²) in [6, 6.07) is 20.0. The molecule has 0 unspecified atom stereocenters. The van der Waals surface area contributed by atoms with Crippen molar-refractivity contribution in [3.63, 3.8) is 0 Å². The summed E-state index contributed by atoms with van der Waals surface area (Å²) in [5.41, 5.74) is 3.18. The largest absolute Gasteiger partial charge is 0.329 e. The Morgan fingerprint density at radius 1 is 1.03 bits per heavy atom. The van der Waals surface area contributed by atoms with E-state index in [0.717, 1.165) is 28.5 Å². The third-order valence-corrected chi connectivity index (χ3v) is 8.12. The highest BCUT2D eigenvalue weighted by atomic mass is 35.5. The molecule has 9 heteroatoms. The number of aromatic nitrogens is 2. The number of hydrogen-bond donors (Lipinski definition) is 2. The van der Waals surface area contributed by atoms with Crippen molar-refractivity contribution < 1.29 is 8.42 Å². The lowest BCUT2D eigenvalue weighted by molar-refractivity contribution is 0.587. The van der Waals surface area contributed by atoms with Crippen LogP contribution >= 0.6 is 11.6 Å². The van der Waals surface area contributed by atoms with E-state index in [2.05, 4.69) is 4.98 Å². The summed E-state index contributed by atoms with van der Waals surface area (Å²) < 4.78 is 26.2. The first-order valence-electron chi connectivity index (χ1n) is 10.6. The van der Waals surface area contributed by atoms with Gasteiger partial charge in [-0.25, -0.2) is 8.42 Å².